The van der Waals surface area contributed by atoms with Crippen molar-refractivity contribution in [3.8, 4) is 5.75 Å². The predicted octanol–water partition coefficient (Wildman–Crippen LogP) is 0.675. The number of methoxy groups -OCH3 is 1. The number of hydrogen-bond donors (Lipinski definition) is 1. The van der Waals surface area contributed by atoms with E-state index in [2.05, 4.69) is 9.72 Å². The number of nitrogens with zero attached hydrogens (tertiary/aromatic N) is 1. The Kier molecular flexibility index (Phi) is 3.20. The molecule has 0 unspecified atom stereocenters. The first-order valence-corrected chi connectivity index (χ1v) is 5.25. The molecule has 1 aromatic heterocycles. The maximum absolute atomic E-state index is 12.3. The monoisotopic (exact) mass is 238 g/mol. The second kappa shape index (κ2) is 4.07. The van der Waals surface area contributed by atoms with Gasteiger partial charge in [0.05, 0.1) is 7.11 Å². The van der Waals surface area contributed by atoms with Gasteiger partial charge in [-0.3, -0.25) is 0 Å². The van der Waals surface area contributed by atoms with Gasteiger partial charge in [-0.1, -0.05) is 0 Å². The molecule has 1 rings (SSSR count). The zero-order valence-electron chi connectivity index (χ0n) is 7.65. The minimum atomic E-state index is -3.97. The van der Waals surface area contributed by atoms with Crippen LogP contribution in [0.2, 0.25) is 0 Å². The number of pyridine rings is 1. The van der Waals surface area contributed by atoms with E-state index in [-0.39, 0.29) is 10.6 Å². The van der Waals surface area contributed by atoms with Crippen molar-refractivity contribution >= 4 is 10.0 Å². The molecule has 0 spiro atoms. The SMILES string of the molecule is COc1cc(S(N)(=O)=O)cnc1C(F)F. The van der Waals surface area contributed by atoms with Crippen LogP contribution in [0.5, 0.6) is 5.75 Å². The summed E-state index contributed by atoms with van der Waals surface area (Å²) in [6, 6.07) is 0.907. The zero-order valence-corrected chi connectivity index (χ0v) is 8.46. The van der Waals surface area contributed by atoms with E-state index in [9.17, 15) is 17.2 Å². The van der Waals surface area contributed by atoms with E-state index >= 15 is 0 Å². The van der Waals surface area contributed by atoms with Gasteiger partial charge < -0.3 is 4.74 Å². The minimum Gasteiger partial charge on any atom is -0.495 e. The molecule has 0 fully saturated rings. The molecular formula is C7H8F2N2O3S. The van der Waals surface area contributed by atoms with Crippen LogP contribution in [0.4, 0.5) is 8.78 Å². The molecule has 0 amide bonds. The lowest BCUT2D eigenvalue weighted by atomic mass is 10.3. The summed E-state index contributed by atoms with van der Waals surface area (Å²) in [7, 11) is -2.83. The maximum atomic E-state index is 12.3. The van der Waals surface area contributed by atoms with Crippen molar-refractivity contribution in [2.75, 3.05) is 7.11 Å². The van der Waals surface area contributed by atoms with Crippen LogP contribution in [-0.2, 0) is 10.0 Å². The highest BCUT2D eigenvalue weighted by atomic mass is 32.2. The standard InChI is InChI=1S/C7H8F2N2O3S/c1-14-5-2-4(15(10,12)13)3-11-6(5)7(8)9/h2-3,7H,1H3,(H2,10,12,13). The van der Waals surface area contributed by atoms with Gasteiger partial charge in [0.1, 0.15) is 16.3 Å². The van der Waals surface area contributed by atoms with Gasteiger partial charge in [0.2, 0.25) is 10.0 Å². The van der Waals surface area contributed by atoms with Crippen LogP contribution in [0.1, 0.15) is 12.1 Å². The molecule has 0 saturated heterocycles. The normalized spacial score (nSPS) is 11.8. The van der Waals surface area contributed by atoms with Gasteiger partial charge in [0, 0.05) is 12.3 Å². The summed E-state index contributed by atoms with van der Waals surface area (Å²) in [6.07, 6.45) is -2.08. The summed E-state index contributed by atoms with van der Waals surface area (Å²) in [5.74, 6) is -0.309. The first-order valence-electron chi connectivity index (χ1n) is 3.71. The molecule has 0 aliphatic heterocycles. The lowest BCUT2D eigenvalue weighted by molar-refractivity contribution is 0.141. The highest BCUT2D eigenvalue weighted by molar-refractivity contribution is 7.89. The van der Waals surface area contributed by atoms with E-state index < -0.39 is 22.1 Å². The molecule has 8 heteroatoms. The number of primary sulfonamides is 1. The smallest absolute Gasteiger partial charge is 0.284 e. The summed E-state index contributed by atoms with van der Waals surface area (Å²) in [6.45, 7) is 0. The fraction of sp³-hybridized carbons (Fsp3) is 0.286. The lowest BCUT2D eigenvalue weighted by Crippen LogP contribution is -2.13. The van der Waals surface area contributed by atoms with Crippen LogP contribution in [0, 0.1) is 0 Å². The van der Waals surface area contributed by atoms with E-state index in [1.807, 2.05) is 0 Å². The Hall–Kier alpha value is -1.28. The van der Waals surface area contributed by atoms with Crippen molar-refractivity contribution in [3.05, 3.63) is 18.0 Å². The van der Waals surface area contributed by atoms with Gasteiger partial charge in [-0.05, 0) is 0 Å². The van der Waals surface area contributed by atoms with Crippen molar-refractivity contribution in [2.45, 2.75) is 11.3 Å². The first kappa shape index (κ1) is 11.8. The number of ether oxygens (including phenoxy) is 1. The quantitative estimate of drug-likeness (QED) is 0.839. The van der Waals surface area contributed by atoms with Crippen molar-refractivity contribution in [2.24, 2.45) is 5.14 Å². The summed E-state index contributed by atoms with van der Waals surface area (Å²) < 4.78 is 51.0. The highest BCUT2D eigenvalue weighted by Crippen LogP contribution is 2.28. The van der Waals surface area contributed by atoms with Crippen molar-refractivity contribution in [3.63, 3.8) is 0 Å². The molecule has 0 saturated carbocycles. The van der Waals surface area contributed by atoms with Gasteiger partial charge in [-0.25, -0.2) is 27.3 Å². The zero-order chi connectivity index (χ0) is 11.6. The Labute approximate surface area is 84.9 Å². The van der Waals surface area contributed by atoms with Crippen LogP contribution >= 0.6 is 0 Å². The molecule has 0 aliphatic carbocycles. The molecule has 0 aliphatic rings. The summed E-state index contributed by atoms with van der Waals surface area (Å²) in [4.78, 5) is 2.91. The Balaban J connectivity index is 3.32. The van der Waals surface area contributed by atoms with Crippen LogP contribution < -0.4 is 9.88 Å². The molecule has 15 heavy (non-hydrogen) atoms. The van der Waals surface area contributed by atoms with E-state index in [0.717, 1.165) is 19.4 Å². The van der Waals surface area contributed by atoms with Crippen LogP contribution in [0.25, 0.3) is 0 Å². The number of aromatic nitrogens is 1. The number of halogens is 2. The number of nitrogens with two attached hydrogens (primary N) is 1. The second-order valence-corrected chi connectivity index (χ2v) is 4.17. The molecule has 5 nitrogen and oxygen atoms in total. The van der Waals surface area contributed by atoms with Crippen LogP contribution in [0.3, 0.4) is 0 Å². The highest BCUT2D eigenvalue weighted by Gasteiger charge is 2.19. The van der Waals surface area contributed by atoms with E-state index in [1.165, 1.54) is 0 Å². The average Bonchev–Trinajstić information content (AvgIpc) is 2.15. The third-order valence-corrected chi connectivity index (χ3v) is 2.49. The molecule has 0 aromatic carbocycles. The summed E-state index contributed by atoms with van der Waals surface area (Å²) in [5.41, 5.74) is -0.620. The molecule has 0 atom stereocenters. The Morgan fingerprint density at radius 1 is 1.53 bits per heavy atom. The van der Waals surface area contributed by atoms with Gasteiger partial charge >= 0.3 is 0 Å². The Morgan fingerprint density at radius 3 is 2.53 bits per heavy atom. The van der Waals surface area contributed by atoms with Gasteiger partial charge in [-0.2, -0.15) is 0 Å². The fourth-order valence-electron chi connectivity index (χ4n) is 0.920. The number of hydrogen-bond acceptors (Lipinski definition) is 4. The minimum absolute atomic E-state index is 0.309. The second-order valence-electron chi connectivity index (χ2n) is 2.60. The Bertz CT molecular complexity index is 461. The molecule has 0 radical (unpaired) electrons. The van der Waals surface area contributed by atoms with E-state index in [4.69, 9.17) is 5.14 Å². The fourth-order valence-corrected chi connectivity index (χ4v) is 1.39. The summed E-state index contributed by atoms with van der Waals surface area (Å²) in [5, 5.41) is 4.80. The predicted molar refractivity (Wildman–Crippen MR) is 47.1 cm³/mol. The largest absolute Gasteiger partial charge is 0.495 e. The van der Waals surface area contributed by atoms with Gasteiger partial charge in [0.25, 0.3) is 6.43 Å². The van der Waals surface area contributed by atoms with E-state index in [0.29, 0.717) is 0 Å². The number of sulfonamides is 1. The molecule has 1 heterocycles. The molecular weight excluding hydrogens is 230 g/mol. The van der Waals surface area contributed by atoms with Crippen LogP contribution in [0.15, 0.2) is 17.2 Å². The van der Waals surface area contributed by atoms with Gasteiger partial charge in [0.15, 0.2) is 0 Å². The molecule has 2 N–H and O–H groups in total. The molecule has 84 valence electrons. The van der Waals surface area contributed by atoms with Crippen molar-refractivity contribution in [1.29, 1.82) is 0 Å². The lowest BCUT2D eigenvalue weighted by Gasteiger charge is -2.07. The van der Waals surface area contributed by atoms with Crippen molar-refractivity contribution < 1.29 is 21.9 Å². The van der Waals surface area contributed by atoms with Gasteiger partial charge in [-0.15, -0.1) is 0 Å². The maximum Gasteiger partial charge on any atom is 0.284 e. The average molecular weight is 238 g/mol. The number of alkyl halides is 2. The Morgan fingerprint density at radius 2 is 2.13 bits per heavy atom. The first-order chi connectivity index (χ1) is 6.86. The number of rotatable bonds is 3. The molecule has 1 aromatic rings. The van der Waals surface area contributed by atoms with Crippen molar-refractivity contribution in [1.82, 2.24) is 4.98 Å². The third kappa shape index (κ3) is 2.60. The topological polar surface area (TPSA) is 82.3 Å². The van der Waals surface area contributed by atoms with E-state index in [1.54, 1.807) is 0 Å². The molecule has 0 bridgehead atoms. The summed E-state index contributed by atoms with van der Waals surface area (Å²) >= 11 is 0. The van der Waals surface area contributed by atoms with Crippen LogP contribution in [-0.4, -0.2) is 20.5 Å². The third-order valence-electron chi connectivity index (χ3n) is 1.61.